The van der Waals surface area contributed by atoms with Gasteiger partial charge in [0.15, 0.2) is 0 Å². The summed E-state index contributed by atoms with van der Waals surface area (Å²) in [6.45, 7) is 1.14. The van der Waals surface area contributed by atoms with Crippen LogP contribution in [-0.4, -0.2) is 54.7 Å². The largest absolute Gasteiger partial charge is 0.467 e. The van der Waals surface area contributed by atoms with E-state index in [2.05, 4.69) is 9.72 Å². The van der Waals surface area contributed by atoms with Crippen molar-refractivity contribution in [2.45, 2.75) is 30.8 Å². The molecule has 6 heteroatoms. The SMILES string of the molecule is COC(=O)COC1CCN(C(=O)C2(c3ccccn3)CC2)C1. The molecule has 0 spiro atoms. The molecule has 1 unspecified atom stereocenters. The highest BCUT2D eigenvalue weighted by Gasteiger charge is 2.54. The maximum absolute atomic E-state index is 12.8. The van der Waals surface area contributed by atoms with Gasteiger partial charge in [-0.25, -0.2) is 4.79 Å². The van der Waals surface area contributed by atoms with Gasteiger partial charge in [0.25, 0.3) is 0 Å². The van der Waals surface area contributed by atoms with E-state index in [9.17, 15) is 9.59 Å². The number of aromatic nitrogens is 1. The van der Waals surface area contributed by atoms with Gasteiger partial charge in [0.2, 0.25) is 5.91 Å². The summed E-state index contributed by atoms with van der Waals surface area (Å²) in [6, 6.07) is 5.70. The molecular formula is C16H20N2O4. The van der Waals surface area contributed by atoms with Gasteiger partial charge in [0.1, 0.15) is 6.61 Å². The first kappa shape index (κ1) is 15.0. The third-order valence-corrected chi connectivity index (χ3v) is 4.41. The van der Waals surface area contributed by atoms with Crippen LogP contribution in [0.1, 0.15) is 25.0 Å². The van der Waals surface area contributed by atoms with Gasteiger partial charge < -0.3 is 14.4 Å². The van der Waals surface area contributed by atoms with E-state index in [4.69, 9.17) is 4.74 Å². The Kier molecular flexibility index (Phi) is 4.11. The van der Waals surface area contributed by atoms with E-state index in [0.29, 0.717) is 13.1 Å². The zero-order valence-corrected chi connectivity index (χ0v) is 12.7. The summed E-state index contributed by atoms with van der Waals surface area (Å²) in [5, 5.41) is 0. The predicted octanol–water partition coefficient (Wildman–Crippen LogP) is 0.904. The lowest BCUT2D eigenvalue weighted by atomic mass is 10.00. The Balaban J connectivity index is 1.59. The van der Waals surface area contributed by atoms with Crippen molar-refractivity contribution in [1.82, 2.24) is 9.88 Å². The maximum atomic E-state index is 12.8. The number of pyridine rings is 1. The van der Waals surface area contributed by atoms with E-state index in [1.165, 1.54) is 7.11 Å². The van der Waals surface area contributed by atoms with Crippen LogP contribution in [0.2, 0.25) is 0 Å². The van der Waals surface area contributed by atoms with Crippen LogP contribution in [0.3, 0.4) is 0 Å². The van der Waals surface area contributed by atoms with Crippen molar-refractivity contribution in [1.29, 1.82) is 0 Å². The summed E-state index contributed by atoms with van der Waals surface area (Å²) in [4.78, 5) is 30.1. The Morgan fingerprint density at radius 3 is 2.86 bits per heavy atom. The normalized spacial score (nSPS) is 22.4. The maximum Gasteiger partial charge on any atom is 0.331 e. The van der Waals surface area contributed by atoms with Gasteiger partial charge >= 0.3 is 5.97 Å². The second-order valence-corrected chi connectivity index (χ2v) is 5.85. The standard InChI is InChI=1S/C16H20N2O4/c1-21-14(19)11-22-12-5-9-18(10-12)15(20)16(6-7-16)13-4-2-3-8-17-13/h2-4,8,12H,5-7,9-11H2,1H3. The summed E-state index contributed by atoms with van der Waals surface area (Å²) in [6.07, 6.45) is 4.10. The number of amides is 1. The molecule has 1 aliphatic carbocycles. The Morgan fingerprint density at radius 2 is 2.23 bits per heavy atom. The van der Waals surface area contributed by atoms with Crippen LogP contribution in [0.15, 0.2) is 24.4 Å². The van der Waals surface area contributed by atoms with Crippen LogP contribution < -0.4 is 0 Å². The summed E-state index contributed by atoms with van der Waals surface area (Å²) in [7, 11) is 1.33. The number of hydrogen-bond donors (Lipinski definition) is 0. The summed E-state index contributed by atoms with van der Waals surface area (Å²) in [5.74, 6) is -0.257. The van der Waals surface area contributed by atoms with Gasteiger partial charge in [-0.05, 0) is 31.4 Å². The van der Waals surface area contributed by atoms with Crippen LogP contribution in [0, 0.1) is 0 Å². The van der Waals surface area contributed by atoms with Crippen molar-refractivity contribution < 1.29 is 19.1 Å². The number of ether oxygens (including phenoxy) is 2. The fourth-order valence-corrected chi connectivity index (χ4v) is 2.95. The van der Waals surface area contributed by atoms with E-state index in [1.54, 1.807) is 6.20 Å². The fraction of sp³-hybridized carbons (Fsp3) is 0.562. The quantitative estimate of drug-likeness (QED) is 0.756. The lowest BCUT2D eigenvalue weighted by Crippen LogP contribution is -2.39. The van der Waals surface area contributed by atoms with Crippen molar-refractivity contribution in [2.75, 3.05) is 26.8 Å². The van der Waals surface area contributed by atoms with Crippen LogP contribution in [0.5, 0.6) is 0 Å². The number of nitrogens with zero attached hydrogens (tertiary/aromatic N) is 2. The molecule has 0 N–H and O–H groups in total. The molecule has 1 aliphatic heterocycles. The van der Waals surface area contributed by atoms with Gasteiger partial charge in [-0.2, -0.15) is 0 Å². The van der Waals surface area contributed by atoms with Crippen LogP contribution in [0.25, 0.3) is 0 Å². The van der Waals surface area contributed by atoms with Gasteiger partial charge in [0.05, 0.1) is 24.3 Å². The molecule has 2 aliphatic rings. The van der Waals surface area contributed by atoms with E-state index in [1.807, 2.05) is 23.1 Å². The van der Waals surface area contributed by atoms with Crippen molar-refractivity contribution in [3.05, 3.63) is 30.1 Å². The highest BCUT2D eigenvalue weighted by Crippen LogP contribution is 2.49. The van der Waals surface area contributed by atoms with Crippen LogP contribution >= 0.6 is 0 Å². The molecule has 1 amide bonds. The Labute approximate surface area is 129 Å². The van der Waals surface area contributed by atoms with Gasteiger partial charge in [-0.15, -0.1) is 0 Å². The lowest BCUT2D eigenvalue weighted by Gasteiger charge is -2.22. The number of carbonyl (C=O) groups is 2. The molecule has 1 saturated carbocycles. The average molecular weight is 304 g/mol. The molecule has 0 radical (unpaired) electrons. The first-order valence-corrected chi connectivity index (χ1v) is 7.55. The van der Waals surface area contributed by atoms with E-state index >= 15 is 0 Å². The minimum absolute atomic E-state index is 0.0609. The van der Waals surface area contributed by atoms with Gasteiger partial charge in [-0.3, -0.25) is 9.78 Å². The number of hydrogen-bond acceptors (Lipinski definition) is 5. The van der Waals surface area contributed by atoms with Crippen LogP contribution in [0.4, 0.5) is 0 Å². The van der Waals surface area contributed by atoms with Crippen molar-refractivity contribution >= 4 is 11.9 Å². The molecule has 0 aromatic carbocycles. The number of carbonyl (C=O) groups excluding carboxylic acids is 2. The molecule has 3 rings (SSSR count). The summed E-state index contributed by atoms with van der Waals surface area (Å²) >= 11 is 0. The number of likely N-dealkylation sites (tertiary alicyclic amines) is 1. The van der Waals surface area contributed by atoms with Crippen molar-refractivity contribution in [3.8, 4) is 0 Å². The number of methoxy groups -OCH3 is 1. The zero-order chi connectivity index (χ0) is 15.6. The van der Waals surface area contributed by atoms with E-state index in [-0.39, 0.29) is 18.6 Å². The Morgan fingerprint density at radius 1 is 1.41 bits per heavy atom. The van der Waals surface area contributed by atoms with E-state index in [0.717, 1.165) is 25.0 Å². The summed E-state index contributed by atoms with van der Waals surface area (Å²) in [5.41, 5.74) is 0.428. The minimum Gasteiger partial charge on any atom is -0.467 e. The molecule has 0 bridgehead atoms. The molecular weight excluding hydrogens is 284 g/mol. The molecule has 1 aromatic heterocycles. The molecule has 1 aromatic rings. The Bertz CT molecular complexity index is 557. The summed E-state index contributed by atoms with van der Waals surface area (Å²) < 4.78 is 10.0. The second kappa shape index (κ2) is 6.04. The predicted molar refractivity (Wildman–Crippen MR) is 78.1 cm³/mol. The molecule has 118 valence electrons. The molecule has 1 saturated heterocycles. The van der Waals surface area contributed by atoms with Crippen molar-refractivity contribution in [2.24, 2.45) is 0 Å². The van der Waals surface area contributed by atoms with Crippen LogP contribution in [-0.2, 0) is 24.5 Å². The number of esters is 1. The van der Waals surface area contributed by atoms with Gasteiger partial charge in [0, 0.05) is 19.3 Å². The molecule has 6 nitrogen and oxygen atoms in total. The zero-order valence-electron chi connectivity index (χ0n) is 12.7. The Hall–Kier alpha value is -1.95. The van der Waals surface area contributed by atoms with Gasteiger partial charge in [-0.1, -0.05) is 6.07 Å². The third-order valence-electron chi connectivity index (χ3n) is 4.41. The first-order chi connectivity index (χ1) is 10.7. The highest BCUT2D eigenvalue weighted by molar-refractivity contribution is 5.91. The highest BCUT2D eigenvalue weighted by atomic mass is 16.6. The lowest BCUT2D eigenvalue weighted by molar-refractivity contribution is -0.147. The second-order valence-electron chi connectivity index (χ2n) is 5.85. The molecule has 22 heavy (non-hydrogen) atoms. The molecule has 2 heterocycles. The molecule has 2 fully saturated rings. The fourth-order valence-electron chi connectivity index (χ4n) is 2.95. The average Bonchev–Trinajstić information content (AvgIpc) is 3.24. The minimum atomic E-state index is -0.432. The third kappa shape index (κ3) is 2.83. The van der Waals surface area contributed by atoms with E-state index < -0.39 is 11.4 Å². The first-order valence-electron chi connectivity index (χ1n) is 7.55. The monoisotopic (exact) mass is 304 g/mol. The molecule has 1 atom stereocenters. The topological polar surface area (TPSA) is 68.7 Å². The number of rotatable bonds is 5. The van der Waals surface area contributed by atoms with Crippen molar-refractivity contribution in [3.63, 3.8) is 0 Å². The smallest absolute Gasteiger partial charge is 0.331 e.